The summed E-state index contributed by atoms with van der Waals surface area (Å²) in [5, 5.41) is 10.2. The Bertz CT molecular complexity index is 232. The molecule has 4 nitrogen and oxygen atoms in total. The second kappa shape index (κ2) is 6.85. The number of hydrogen-bond acceptors (Lipinski definition) is 4. The minimum atomic E-state index is -0.347. The second-order valence-electron chi connectivity index (χ2n) is 5.54. The molecule has 2 atom stereocenters. The van der Waals surface area contributed by atoms with Gasteiger partial charge < -0.3 is 19.3 Å². The molecule has 2 heterocycles. The fourth-order valence-electron chi connectivity index (χ4n) is 2.97. The maximum atomic E-state index is 10.2. The Kier molecular flexibility index (Phi) is 5.42. The molecule has 2 aliphatic rings. The van der Waals surface area contributed by atoms with Gasteiger partial charge >= 0.3 is 0 Å². The summed E-state index contributed by atoms with van der Waals surface area (Å²) in [6.07, 6.45) is 4.48. The molecule has 18 heavy (non-hydrogen) atoms. The van der Waals surface area contributed by atoms with Crippen LogP contribution in [0.3, 0.4) is 0 Å². The summed E-state index contributed by atoms with van der Waals surface area (Å²) in [6.45, 7) is 5.61. The Morgan fingerprint density at radius 1 is 1.33 bits per heavy atom. The van der Waals surface area contributed by atoms with Gasteiger partial charge in [0.2, 0.25) is 0 Å². The third-order valence-electron chi connectivity index (χ3n) is 4.12. The normalized spacial score (nSPS) is 29.3. The lowest BCUT2D eigenvalue weighted by Gasteiger charge is -2.44. The highest BCUT2D eigenvalue weighted by Crippen LogP contribution is 2.38. The maximum Gasteiger partial charge on any atom is 0.0803 e. The zero-order valence-electron chi connectivity index (χ0n) is 11.4. The van der Waals surface area contributed by atoms with Crippen LogP contribution >= 0.6 is 0 Å². The fourth-order valence-corrected chi connectivity index (χ4v) is 2.97. The molecular formula is C14H26O4. The monoisotopic (exact) mass is 258 g/mol. The molecule has 0 aromatic heterocycles. The molecular weight excluding hydrogens is 232 g/mol. The topological polar surface area (TPSA) is 47.9 Å². The zero-order chi connectivity index (χ0) is 12.8. The minimum Gasteiger partial charge on any atom is -0.390 e. The van der Waals surface area contributed by atoms with Gasteiger partial charge in [-0.2, -0.15) is 0 Å². The standard InChI is InChI=1S/C14H26O4/c1-2-6-17-11-13(15)12-3-7-18-14(10-12)4-8-16-9-5-14/h12-13,15H,2-11H2,1H3. The summed E-state index contributed by atoms with van der Waals surface area (Å²) in [5.41, 5.74) is -0.0348. The Hall–Kier alpha value is -0.160. The molecule has 2 fully saturated rings. The van der Waals surface area contributed by atoms with Crippen molar-refractivity contribution in [3.05, 3.63) is 0 Å². The van der Waals surface area contributed by atoms with Crippen molar-refractivity contribution in [3.8, 4) is 0 Å². The zero-order valence-corrected chi connectivity index (χ0v) is 11.4. The Morgan fingerprint density at radius 3 is 2.83 bits per heavy atom. The van der Waals surface area contributed by atoms with Gasteiger partial charge in [-0.05, 0) is 38.0 Å². The molecule has 2 unspecified atom stereocenters. The number of hydrogen-bond donors (Lipinski definition) is 1. The van der Waals surface area contributed by atoms with Crippen molar-refractivity contribution in [2.24, 2.45) is 5.92 Å². The molecule has 0 bridgehead atoms. The lowest BCUT2D eigenvalue weighted by atomic mass is 9.79. The minimum absolute atomic E-state index is 0.0348. The summed E-state index contributed by atoms with van der Waals surface area (Å²) >= 11 is 0. The highest BCUT2D eigenvalue weighted by atomic mass is 16.5. The molecule has 0 radical (unpaired) electrons. The van der Waals surface area contributed by atoms with Crippen LogP contribution in [0.4, 0.5) is 0 Å². The SMILES string of the molecule is CCCOCC(O)C1CCOC2(CCOCC2)C1. The lowest BCUT2D eigenvalue weighted by Crippen LogP contribution is -2.47. The van der Waals surface area contributed by atoms with Gasteiger partial charge in [-0.25, -0.2) is 0 Å². The molecule has 1 spiro atoms. The molecule has 0 aromatic rings. The Balaban J connectivity index is 1.81. The molecule has 1 N–H and O–H groups in total. The third kappa shape index (κ3) is 3.67. The molecule has 0 aliphatic carbocycles. The van der Waals surface area contributed by atoms with Crippen molar-refractivity contribution in [3.63, 3.8) is 0 Å². The average Bonchev–Trinajstić information content (AvgIpc) is 2.40. The van der Waals surface area contributed by atoms with Crippen LogP contribution in [0, 0.1) is 5.92 Å². The van der Waals surface area contributed by atoms with E-state index in [2.05, 4.69) is 6.92 Å². The first kappa shape index (κ1) is 14.3. The number of rotatable bonds is 5. The molecule has 0 aromatic carbocycles. The van der Waals surface area contributed by atoms with E-state index in [1.165, 1.54) is 0 Å². The summed E-state index contributed by atoms with van der Waals surface area (Å²) in [6, 6.07) is 0. The van der Waals surface area contributed by atoms with Gasteiger partial charge in [0, 0.05) is 26.4 Å². The fraction of sp³-hybridized carbons (Fsp3) is 1.00. The van der Waals surface area contributed by atoms with Crippen LogP contribution in [0.1, 0.15) is 39.0 Å². The quantitative estimate of drug-likeness (QED) is 0.763. The van der Waals surface area contributed by atoms with Crippen LogP contribution in [0.2, 0.25) is 0 Å². The molecule has 2 rings (SSSR count). The predicted molar refractivity (Wildman–Crippen MR) is 68.6 cm³/mol. The highest BCUT2D eigenvalue weighted by molar-refractivity contribution is 4.90. The van der Waals surface area contributed by atoms with E-state index in [0.29, 0.717) is 12.5 Å². The molecule has 2 saturated heterocycles. The molecule has 0 amide bonds. The lowest BCUT2D eigenvalue weighted by molar-refractivity contribution is -0.162. The summed E-state index contributed by atoms with van der Waals surface area (Å²) in [4.78, 5) is 0. The Labute approximate surface area is 110 Å². The smallest absolute Gasteiger partial charge is 0.0803 e. The van der Waals surface area contributed by atoms with E-state index >= 15 is 0 Å². The first-order valence-electron chi connectivity index (χ1n) is 7.23. The third-order valence-corrected chi connectivity index (χ3v) is 4.12. The van der Waals surface area contributed by atoms with Crippen molar-refractivity contribution >= 4 is 0 Å². The van der Waals surface area contributed by atoms with Crippen LogP contribution in [-0.2, 0) is 14.2 Å². The Morgan fingerprint density at radius 2 is 2.11 bits per heavy atom. The summed E-state index contributed by atoms with van der Waals surface area (Å²) in [5.74, 6) is 0.314. The molecule has 4 heteroatoms. The van der Waals surface area contributed by atoms with E-state index in [0.717, 1.165) is 58.5 Å². The van der Waals surface area contributed by atoms with Crippen molar-refractivity contribution in [1.82, 2.24) is 0 Å². The van der Waals surface area contributed by atoms with E-state index in [9.17, 15) is 5.11 Å². The molecule has 0 saturated carbocycles. The van der Waals surface area contributed by atoms with Gasteiger partial charge in [-0.3, -0.25) is 0 Å². The summed E-state index contributed by atoms with van der Waals surface area (Å²) < 4.78 is 16.8. The van der Waals surface area contributed by atoms with E-state index in [-0.39, 0.29) is 11.7 Å². The van der Waals surface area contributed by atoms with Gasteiger partial charge in [0.25, 0.3) is 0 Å². The first-order chi connectivity index (χ1) is 8.76. The van der Waals surface area contributed by atoms with E-state index in [1.807, 2.05) is 0 Å². The van der Waals surface area contributed by atoms with Crippen molar-refractivity contribution in [2.45, 2.75) is 50.7 Å². The van der Waals surface area contributed by atoms with Gasteiger partial charge in [-0.15, -0.1) is 0 Å². The van der Waals surface area contributed by atoms with Gasteiger partial charge in [0.1, 0.15) is 0 Å². The number of aliphatic hydroxyl groups is 1. The van der Waals surface area contributed by atoms with Crippen molar-refractivity contribution in [1.29, 1.82) is 0 Å². The second-order valence-corrected chi connectivity index (χ2v) is 5.54. The van der Waals surface area contributed by atoms with Crippen LogP contribution in [0.5, 0.6) is 0 Å². The van der Waals surface area contributed by atoms with Gasteiger partial charge in [0.05, 0.1) is 18.3 Å². The highest BCUT2D eigenvalue weighted by Gasteiger charge is 2.40. The molecule has 106 valence electrons. The van der Waals surface area contributed by atoms with E-state index < -0.39 is 0 Å². The van der Waals surface area contributed by atoms with E-state index in [4.69, 9.17) is 14.2 Å². The summed E-state index contributed by atoms with van der Waals surface area (Å²) in [7, 11) is 0. The average molecular weight is 258 g/mol. The van der Waals surface area contributed by atoms with Gasteiger partial charge in [0.15, 0.2) is 0 Å². The van der Waals surface area contributed by atoms with Crippen LogP contribution in [0.25, 0.3) is 0 Å². The largest absolute Gasteiger partial charge is 0.390 e. The van der Waals surface area contributed by atoms with E-state index in [1.54, 1.807) is 0 Å². The first-order valence-corrected chi connectivity index (χ1v) is 7.23. The van der Waals surface area contributed by atoms with Crippen molar-refractivity contribution < 1.29 is 19.3 Å². The maximum absolute atomic E-state index is 10.2. The van der Waals surface area contributed by atoms with Crippen molar-refractivity contribution in [2.75, 3.05) is 33.0 Å². The number of ether oxygens (including phenoxy) is 3. The van der Waals surface area contributed by atoms with Crippen LogP contribution in [-0.4, -0.2) is 49.8 Å². The predicted octanol–water partition coefficient (Wildman–Crippen LogP) is 1.75. The number of aliphatic hydroxyl groups excluding tert-OH is 1. The van der Waals surface area contributed by atoms with Gasteiger partial charge in [-0.1, -0.05) is 6.92 Å². The van der Waals surface area contributed by atoms with Crippen LogP contribution in [0.15, 0.2) is 0 Å². The molecule has 2 aliphatic heterocycles. The van der Waals surface area contributed by atoms with Crippen LogP contribution < -0.4 is 0 Å².